The molecule has 0 fully saturated rings. The van der Waals surface area contributed by atoms with Crippen molar-refractivity contribution in [3.8, 4) is 11.5 Å². The molecule has 0 aliphatic heterocycles. The number of carbonyl (C=O) groups is 2. The van der Waals surface area contributed by atoms with Crippen molar-refractivity contribution in [1.82, 2.24) is 10.2 Å². The summed E-state index contributed by atoms with van der Waals surface area (Å²) < 4.78 is 41.0. The Hall–Kier alpha value is -4.35. The van der Waals surface area contributed by atoms with Crippen LogP contribution in [0, 0.1) is 0 Å². The lowest BCUT2D eigenvalue weighted by Gasteiger charge is -2.34. The molecule has 0 aliphatic carbocycles. The van der Waals surface area contributed by atoms with Gasteiger partial charge in [-0.2, -0.15) is 0 Å². The van der Waals surface area contributed by atoms with E-state index in [2.05, 4.69) is 21.2 Å². The molecule has 9 nitrogen and oxygen atoms in total. The number of ether oxygens (including phenoxy) is 2. The van der Waals surface area contributed by atoms with Crippen molar-refractivity contribution >= 4 is 43.5 Å². The fourth-order valence-electron chi connectivity index (χ4n) is 4.86. The van der Waals surface area contributed by atoms with E-state index < -0.39 is 28.5 Å². The van der Waals surface area contributed by atoms with E-state index in [-0.39, 0.29) is 29.5 Å². The molecule has 1 atom stereocenters. The molecule has 0 spiro atoms. The minimum atomic E-state index is -4.24. The van der Waals surface area contributed by atoms with Crippen LogP contribution in [-0.4, -0.2) is 58.5 Å². The molecule has 45 heavy (non-hydrogen) atoms. The summed E-state index contributed by atoms with van der Waals surface area (Å²) >= 11 is 3.44. The Kier molecular flexibility index (Phi) is 11.6. The maximum atomic E-state index is 14.5. The van der Waals surface area contributed by atoms with Crippen molar-refractivity contribution in [3.05, 3.63) is 119 Å². The van der Waals surface area contributed by atoms with Gasteiger partial charge in [-0.05, 0) is 54.4 Å². The summed E-state index contributed by atoms with van der Waals surface area (Å²) in [5.41, 5.74) is 1.83. The van der Waals surface area contributed by atoms with E-state index in [0.717, 1.165) is 19.9 Å². The molecular formula is C34H36BrN3O6S. The first-order chi connectivity index (χ1) is 21.7. The van der Waals surface area contributed by atoms with Gasteiger partial charge in [0.25, 0.3) is 10.0 Å². The number of rotatable bonds is 14. The Balaban J connectivity index is 1.82. The Morgan fingerprint density at radius 2 is 1.44 bits per heavy atom. The maximum absolute atomic E-state index is 14.5. The lowest BCUT2D eigenvalue weighted by atomic mass is 10.0. The van der Waals surface area contributed by atoms with Crippen LogP contribution < -0.4 is 19.1 Å². The summed E-state index contributed by atoms with van der Waals surface area (Å²) in [6, 6.07) is 28.4. The van der Waals surface area contributed by atoms with Gasteiger partial charge in [-0.15, -0.1) is 0 Å². The zero-order valence-electron chi connectivity index (χ0n) is 25.4. The molecule has 4 aromatic rings. The molecular weight excluding hydrogens is 658 g/mol. The Bertz CT molecular complexity index is 1690. The van der Waals surface area contributed by atoms with Crippen molar-refractivity contribution in [1.29, 1.82) is 0 Å². The van der Waals surface area contributed by atoms with E-state index in [1.54, 1.807) is 30.3 Å². The van der Waals surface area contributed by atoms with Crippen molar-refractivity contribution in [2.24, 2.45) is 0 Å². The highest BCUT2D eigenvalue weighted by atomic mass is 79.9. The van der Waals surface area contributed by atoms with Gasteiger partial charge in [0.05, 0.1) is 24.8 Å². The summed E-state index contributed by atoms with van der Waals surface area (Å²) in [6.45, 7) is 1.67. The number of sulfonamides is 1. The first kappa shape index (κ1) is 33.5. The van der Waals surface area contributed by atoms with Crippen LogP contribution in [0.3, 0.4) is 0 Å². The van der Waals surface area contributed by atoms with Gasteiger partial charge in [0.2, 0.25) is 11.8 Å². The van der Waals surface area contributed by atoms with Gasteiger partial charge < -0.3 is 19.7 Å². The lowest BCUT2D eigenvalue weighted by Crippen LogP contribution is -2.53. The van der Waals surface area contributed by atoms with Crippen LogP contribution in [0.15, 0.2) is 112 Å². The smallest absolute Gasteiger partial charge is 0.264 e. The van der Waals surface area contributed by atoms with Crippen LogP contribution >= 0.6 is 15.9 Å². The zero-order valence-corrected chi connectivity index (χ0v) is 27.8. The van der Waals surface area contributed by atoms with Crippen molar-refractivity contribution in [3.63, 3.8) is 0 Å². The predicted molar refractivity (Wildman–Crippen MR) is 178 cm³/mol. The minimum Gasteiger partial charge on any atom is -0.493 e. The van der Waals surface area contributed by atoms with Crippen molar-refractivity contribution in [2.45, 2.75) is 30.8 Å². The second-order valence-electron chi connectivity index (χ2n) is 10.1. The second-order valence-corrected chi connectivity index (χ2v) is 12.9. The van der Waals surface area contributed by atoms with Gasteiger partial charge in [-0.25, -0.2) is 8.42 Å². The quantitative estimate of drug-likeness (QED) is 0.189. The topological polar surface area (TPSA) is 105 Å². The number of methoxy groups -OCH3 is 2. The predicted octanol–water partition coefficient (Wildman–Crippen LogP) is 5.44. The Labute approximate surface area is 273 Å². The van der Waals surface area contributed by atoms with Crippen LogP contribution in [0.1, 0.15) is 18.1 Å². The summed E-state index contributed by atoms with van der Waals surface area (Å²) in [7, 11) is -1.31. The highest BCUT2D eigenvalue weighted by Crippen LogP contribution is 2.34. The molecule has 4 aromatic carbocycles. The van der Waals surface area contributed by atoms with Gasteiger partial charge in [-0.1, -0.05) is 76.6 Å². The number of benzene rings is 4. The number of halogens is 1. The number of carbonyl (C=O) groups excluding carboxylic acids is 2. The van der Waals surface area contributed by atoms with Gasteiger partial charge in [0, 0.05) is 30.0 Å². The largest absolute Gasteiger partial charge is 0.493 e. The van der Waals surface area contributed by atoms with Gasteiger partial charge >= 0.3 is 0 Å². The molecule has 0 radical (unpaired) electrons. The lowest BCUT2D eigenvalue weighted by molar-refractivity contribution is -0.140. The molecule has 0 unspecified atom stereocenters. The summed E-state index contributed by atoms with van der Waals surface area (Å²) in [5.74, 6) is -0.192. The number of nitrogens with one attached hydrogen (secondary N) is 1. The molecule has 11 heteroatoms. The van der Waals surface area contributed by atoms with Gasteiger partial charge in [0.15, 0.2) is 11.5 Å². The highest BCUT2D eigenvalue weighted by molar-refractivity contribution is 9.10. The number of likely N-dealkylation sites (N-methyl/N-ethyl adjacent to an activating group) is 1. The standard InChI is InChI=1S/C34H36BrN3O6S/c1-4-36-34(40)30(21-25-11-7-5-8-12-25)37(23-26-15-17-27(35)18-16-26)33(39)24-38(45(41,42)29-13-9-6-10-14-29)28-19-20-31(43-2)32(22-28)44-3/h5-20,22,30H,4,21,23-24H2,1-3H3,(H,36,40)/t30-/m0/s1. The van der Waals surface area contributed by atoms with E-state index in [9.17, 15) is 18.0 Å². The third kappa shape index (κ3) is 8.43. The number of hydrogen-bond acceptors (Lipinski definition) is 6. The molecule has 2 amide bonds. The number of nitrogens with zero attached hydrogens (tertiary/aromatic N) is 2. The van der Waals surface area contributed by atoms with E-state index in [0.29, 0.717) is 18.0 Å². The minimum absolute atomic E-state index is 0.0107. The van der Waals surface area contributed by atoms with E-state index in [1.807, 2.05) is 61.5 Å². The second kappa shape index (κ2) is 15.6. The number of amides is 2. The Morgan fingerprint density at radius 3 is 2.04 bits per heavy atom. The third-order valence-corrected chi connectivity index (χ3v) is 9.47. The highest BCUT2D eigenvalue weighted by Gasteiger charge is 2.34. The first-order valence-electron chi connectivity index (χ1n) is 14.3. The molecule has 236 valence electrons. The van der Waals surface area contributed by atoms with Crippen LogP contribution in [-0.2, 0) is 32.6 Å². The summed E-state index contributed by atoms with van der Waals surface area (Å²) in [4.78, 5) is 29.5. The van der Waals surface area contributed by atoms with Crippen LogP contribution in [0.2, 0.25) is 0 Å². The fourth-order valence-corrected chi connectivity index (χ4v) is 6.55. The van der Waals surface area contributed by atoms with Crippen LogP contribution in [0.5, 0.6) is 11.5 Å². The Morgan fingerprint density at radius 1 is 0.822 bits per heavy atom. The van der Waals surface area contributed by atoms with E-state index in [4.69, 9.17) is 9.47 Å². The number of anilines is 1. The molecule has 4 rings (SSSR count). The van der Waals surface area contributed by atoms with E-state index in [1.165, 1.54) is 37.3 Å². The molecule has 0 aliphatic rings. The number of hydrogen-bond donors (Lipinski definition) is 1. The average Bonchev–Trinajstić information content (AvgIpc) is 3.06. The summed E-state index contributed by atoms with van der Waals surface area (Å²) in [6.07, 6.45) is 0.233. The fraction of sp³-hybridized carbons (Fsp3) is 0.235. The summed E-state index contributed by atoms with van der Waals surface area (Å²) in [5, 5.41) is 2.86. The molecule has 0 saturated heterocycles. The SMILES string of the molecule is CCNC(=O)[C@H](Cc1ccccc1)N(Cc1ccc(Br)cc1)C(=O)CN(c1ccc(OC)c(OC)c1)S(=O)(=O)c1ccccc1. The van der Waals surface area contributed by atoms with Gasteiger partial charge in [-0.3, -0.25) is 13.9 Å². The molecule has 0 bridgehead atoms. The van der Waals surface area contributed by atoms with Gasteiger partial charge in [0.1, 0.15) is 12.6 Å². The molecule has 0 heterocycles. The van der Waals surface area contributed by atoms with Crippen molar-refractivity contribution in [2.75, 3.05) is 31.6 Å². The molecule has 1 N–H and O–H groups in total. The molecule has 0 aromatic heterocycles. The van der Waals surface area contributed by atoms with Crippen LogP contribution in [0.4, 0.5) is 5.69 Å². The zero-order chi connectivity index (χ0) is 32.4. The van der Waals surface area contributed by atoms with Crippen LogP contribution in [0.25, 0.3) is 0 Å². The average molecular weight is 695 g/mol. The normalized spacial score (nSPS) is 11.7. The monoisotopic (exact) mass is 693 g/mol. The third-order valence-electron chi connectivity index (χ3n) is 7.15. The van der Waals surface area contributed by atoms with E-state index >= 15 is 0 Å². The maximum Gasteiger partial charge on any atom is 0.264 e. The molecule has 0 saturated carbocycles. The van der Waals surface area contributed by atoms with Crippen molar-refractivity contribution < 1.29 is 27.5 Å². The first-order valence-corrected chi connectivity index (χ1v) is 16.6.